The maximum atomic E-state index is 9.07. The second-order valence-corrected chi connectivity index (χ2v) is 4.04. The third-order valence-electron chi connectivity index (χ3n) is 2.45. The zero-order valence-corrected chi connectivity index (χ0v) is 9.86. The number of nitriles is 1. The Balaban J connectivity index is 2.34. The van der Waals surface area contributed by atoms with Crippen LogP contribution >= 0.6 is 0 Å². The fourth-order valence-electron chi connectivity index (χ4n) is 1.64. The fourth-order valence-corrected chi connectivity index (χ4v) is 1.64. The maximum Gasteiger partial charge on any atom is 0.101 e. The number of aromatic nitrogens is 1. The summed E-state index contributed by atoms with van der Waals surface area (Å²) in [6, 6.07) is 9.94. The minimum atomic E-state index is 0.645. The van der Waals surface area contributed by atoms with Crippen molar-refractivity contribution in [2.45, 2.75) is 13.8 Å². The van der Waals surface area contributed by atoms with Crippen LogP contribution in [0.2, 0.25) is 0 Å². The van der Waals surface area contributed by atoms with Gasteiger partial charge in [-0.2, -0.15) is 5.26 Å². The molecule has 0 aliphatic heterocycles. The highest BCUT2D eigenvalue weighted by molar-refractivity contribution is 5.66. The van der Waals surface area contributed by atoms with E-state index in [1.165, 1.54) is 0 Å². The topological polar surface area (TPSA) is 48.7 Å². The van der Waals surface area contributed by atoms with E-state index in [0.29, 0.717) is 5.56 Å². The summed E-state index contributed by atoms with van der Waals surface area (Å²) in [4.78, 5) is 4.11. The minimum Gasteiger partial charge on any atom is -0.353 e. The van der Waals surface area contributed by atoms with E-state index in [2.05, 4.69) is 16.4 Å². The van der Waals surface area contributed by atoms with Gasteiger partial charge >= 0.3 is 0 Å². The Labute approximate surface area is 101 Å². The molecule has 0 saturated carbocycles. The molecule has 0 unspecified atom stereocenters. The molecule has 0 aliphatic carbocycles. The summed E-state index contributed by atoms with van der Waals surface area (Å²) >= 11 is 0. The van der Waals surface area contributed by atoms with Crippen molar-refractivity contribution in [2.24, 2.45) is 0 Å². The molecule has 1 N–H and O–H groups in total. The lowest BCUT2D eigenvalue weighted by atomic mass is 10.1. The van der Waals surface area contributed by atoms with Gasteiger partial charge in [-0.25, -0.2) is 0 Å². The lowest BCUT2D eigenvalue weighted by molar-refractivity contribution is 1.26. The number of hydrogen-bond donors (Lipinski definition) is 1. The number of anilines is 2. The van der Waals surface area contributed by atoms with Crippen LogP contribution in [-0.4, -0.2) is 4.98 Å². The molecule has 0 aliphatic rings. The minimum absolute atomic E-state index is 0.645. The van der Waals surface area contributed by atoms with Gasteiger partial charge in [0.1, 0.15) is 6.07 Å². The Kier molecular flexibility index (Phi) is 3.06. The molecule has 0 spiro atoms. The highest BCUT2D eigenvalue weighted by atomic mass is 14.9. The normalized spacial score (nSPS) is 9.71. The molecule has 0 bridgehead atoms. The van der Waals surface area contributed by atoms with E-state index < -0.39 is 0 Å². The Bertz CT molecular complexity index is 582. The van der Waals surface area contributed by atoms with Crippen LogP contribution in [0.3, 0.4) is 0 Å². The van der Waals surface area contributed by atoms with Crippen LogP contribution in [0.5, 0.6) is 0 Å². The molecule has 2 aromatic rings. The number of pyridine rings is 1. The molecule has 0 fully saturated rings. The van der Waals surface area contributed by atoms with Crippen molar-refractivity contribution in [3.63, 3.8) is 0 Å². The van der Waals surface area contributed by atoms with E-state index in [9.17, 15) is 0 Å². The van der Waals surface area contributed by atoms with Crippen LogP contribution in [0.1, 0.15) is 16.7 Å². The SMILES string of the molecule is Cc1cncc(Nc2ccc(C)cc2C#N)c1. The summed E-state index contributed by atoms with van der Waals surface area (Å²) in [5.74, 6) is 0. The summed E-state index contributed by atoms with van der Waals surface area (Å²) in [5, 5.41) is 12.3. The van der Waals surface area contributed by atoms with E-state index in [1.807, 2.05) is 38.1 Å². The molecular formula is C14H13N3. The Morgan fingerprint density at radius 1 is 1.12 bits per heavy atom. The third kappa shape index (κ3) is 2.61. The van der Waals surface area contributed by atoms with E-state index in [4.69, 9.17) is 5.26 Å². The molecule has 1 aromatic heterocycles. The molecular weight excluding hydrogens is 210 g/mol. The van der Waals surface area contributed by atoms with E-state index >= 15 is 0 Å². The monoisotopic (exact) mass is 223 g/mol. The predicted molar refractivity (Wildman–Crippen MR) is 68.2 cm³/mol. The average Bonchev–Trinajstić information content (AvgIpc) is 2.31. The van der Waals surface area contributed by atoms with Crippen LogP contribution in [0.4, 0.5) is 11.4 Å². The number of rotatable bonds is 2. The number of benzene rings is 1. The zero-order valence-electron chi connectivity index (χ0n) is 9.86. The van der Waals surface area contributed by atoms with Crippen LogP contribution in [0.25, 0.3) is 0 Å². The maximum absolute atomic E-state index is 9.07. The first-order valence-electron chi connectivity index (χ1n) is 5.38. The summed E-state index contributed by atoms with van der Waals surface area (Å²) in [6.45, 7) is 3.96. The predicted octanol–water partition coefficient (Wildman–Crippen LogP) is 3.31. The number of hydrogen-bond acceptors (Lipinski definition) is 3. The van der Waals surface area contributed by atoms with Gasteiger partial charge in [-0.05, 0) is 43.2 Å². The summed E-state index contributed by atoms with van der Waals surface area (Å²) in [5.41, 5.74) is 4.51. The van der Waals surface area contributed by atoms with Gasteiger partial charge in [-0.1, -0.05) is 6.07 Å². The molecule has 0 radical (unpaired) electrons. The molecule has 3 heteroatoms. The molecule has 17 heavy (non-hydrogen) atoms. The smallest absolute Gasteiger partial charge is 0.101 e. The van der Waals surface area contributed by atoms with Gasteiger partial charge in [0.05, 0.1) is 23.1 Å². The highest BCUT2D eigenvalue weighted by Crippen LogP contribution is 2.21. The summed E-state index contributed by atoms with van der Waals surface area (Å²) in [7, 11) is 0. The molecule has 84 valence electrons. The fraction of sp³-hybridized carbons (Fsp3) is 0.143. The van der Waals surface area contributed by atoms with Gasteiger partial charge < -0.3 is 5.32 Å². The molecule has 0 saturated heterocycles. The molecule has 0 atom stereocenters. The van der Waals surface area contributed by atoms with Gasteiger partial charge in [0, 0.05) is 6.20 Å². The Hall–Kier alpha value is -2.34. The van der Waals surface area contributed by atoms with Gasteiger partial charge in [-0.15, -0.1) is 0 Å². The largest absolute Gasteiger partial charge is 0.353 e. The molecule has 3 nitrogen and oxygen atoms in total. The zero-order chi connectivity index (χ0) is 12.3. The van der Waals surface area contributed by atoms with Crippen molar-refractivity contribution in [1.82, 2.24) is 4.98 Å². The number of aryl methyl sites for hydroxylation is 2. The van der Waals surface area contributed by atoms with Crippen LogP contribution in [0, 0.1) is 25.2 Å². The Morgan fingerprint density at radius 2 is 1.94 bits per heavy atom. The third-order valence-corrected chi connectivity index (χ3v) is 2.45. The number of nitrogens with one attached hydrogen (secondary N) is 1. The first-order chi connectivity index (χ1) is 8.19. The lowest BCUT2D eigenvalue weighted by Crippen LogP contribution is -1.95. The van der Waals surface area contributed by atoms with Crippen LogP contribution < -0.4 is 5.32 Å². The first-order valence-corrected chi connectivity index (χ1v) is 5.38. The lowest BCUT2D eigenvalue weighted by Gasteiger charge is -2.08. The van der Waals surface area contributed by atoms with Gasteiger partial charge in [0.15, 0.2) is 0 Å². The molecule has 0 amide bonds. The second kappa shape index (κ2) is 4.67. The van der Waals surface area contributed by atoms with Crippen LogP contribution in [-0.2, 0) is 0 Å². The first kappa shape index (κ1) is 11.2. The van der Waals surface area contributed by atoms with E-state index in [0.717, 1.165) is 22.5 Å². The quantitative estimate of drug-likeness (QED) is 0.849. The van der Waals surface area contributed by atoms with E-state index in [1.54, 1.807) is 12.4 Å². The van der Waals surface area contributed by atoms with Gasteiger partial charge in [0.25, 0.3) is 0 Å². The molecule has 1 aromatic carbocycles. The molecule has 1 heterocycles. The average molecular weight is 223 g/mol. The van der Waals surface area contributed by atoms with Crippen molar-refractivity contribution in [3.8, 4) is 6.07 Å². The second-order valence-electron chi connectivity index (χ2n) is 4.04. The van der Waals surface area contributed by atoms with Gasteiger partial charge in [-0.3, -0.25) is 4.98 Å². The highest BCUT2D eigenvalue weighted by Gasteiger charge is 2.02. The summed E-state index contributed by atoms with van der Waals surface area (Å²) < 4.78 is 0. The van der Waals surface area contributed by atoms with Crippen molar-refractivity contribution in [2.75, 3.05) is 5.32 Å². The van der Waals surface area contributed by atoms with E-state index in [-0.39, 0.29) is 0 Å². The van der Waals surface area contributed by atoms with Crippen molar-refractivity contribution < 1.29 is 0 Å². The van der Waals surface area contributed by atoms with Gasteiger partial charge in [0.2, 0.25) is 0 Å². The molecule has 2 rings (SSSR count). The standard InChI is InChI=1S/C14H13N3/c1-10-3-4-14(12(5-10)7-15)17-13-6-11(2)8-16-9-13/h3-6,8-9,17H,1-2H3. The van der Waals surface area contributed by atoms with Crippen molar-refractivity contribution >= 4 is 11.4 Å². The summed E-state index contributed by atoms with van der Waals surface area (Å²) in [6.07, 6.45) is 3.54. The van der Waals surface area contributed by atoms with Crippen molar-refractivity contribution in [3.05, 3.63) is 53.3 Å². The Morgan fingerprint density at radius 3 is 2.65 bits per heavy atom. The van der Waals surface area contributed by atoms with Crippen LogP contribution in [0.15, 0.2) is 36.7 Å². The van der Waals surface area contributed by atoms with Crippen molar-refractivity contribution in [1.29, 1.82) is 5.26 Å². The number of nitrogens with zero attached hydrogens (tertiary/aromatic N) is 2.